The van der Waals surface area contributed by atoms with Crippen molar-refractivity contribution in [2.75, 3.05) is 0 Å². The van der Waals surface area contributed by atoms with Crippen molar-refractivity contribution in [1.29, 1.82) is 0 Å². The van der Waals surface area contributed by atoms with Gasteiger partial charge in [0.1, 0.15) is 4.83 Å². The van der Waals surface area contributed by atoms with E-state index in [9.17, 15) is 8.78 Å². The highest BCUT2D eigenvalue weighted by molar-refractivity contribution is 9.11. The maximum Gasteiger partial charge on any atom is 0.255 e. The van der Waals surface area contributed by atoms with Crippen LogP contribution in [0.25, 0.3) is 0 Å². The third kappa shape index (κ3) is 2.26. The fourth-order valence-corrected chi connectivity index (χ4v) is 3.25. The van der Waals surface area contributed by atoms with Gasteiger partial charge in [-0.05, 0) is 34.5 Å². The number of halogens is 4. The number of thiophene rings is 1. The molecule has 1 heterocycles. The van der Waals surface area contributed by atoms with Gasteiger partial charge in [-0.15, -0.1) is 11.3 Å². The van der Waals surface area contributed by atoms with Crippen molar-refractivity contribution in [3.8, 4) is 0 Å². The SMILES string of the molecule is Cc1sc(Br)cc1C(Br)C(F)F. The Morgan fingerprint density at radius 3 is 2.42 bits per heavy atom. The van der Waals surface area contributed by atoms with Gasteiger partial charge in [-0.1, -0.05) is 15.9 Å². The summed E-state index contributed by atoms with van der Waals surface area (Å²) in [7, 11) is 0. The molecule has 68 valence electrons. The molecule has 0 aromatic carbocycles. The highest BCUT2D eigenvalue weighted by Crippen LogP contribution is 2.37. The van der Waals surface area contributed by atoms with E-state index in [2.05, 4.69) is 31.9 Å². The Balaban J connectivity index is 2.94. The summed E-state index contributed by atoms with van der Waals surface area (Å²) in [6.45, 7) is 1.83. The van der Waals surface area contributed by atoms with Crippen LogP contribution in [-0.4, -0.2) is 6.43 Å². The van der Waals surface area contributed by atoms with Crippen molar-refractivity contribution in [2.45, 2.75) is 18.2 Å². The molecule has 5 heteroatoms. The summed E-state index contributed by atoms with van der Waals surface area (Å²) < 4.78 is 25.4. The van der Waals surface area contributed by atoms with Gasteiger partial charge in [0, 0.05) is 4.88 Å². The lowest BCUT2D eigenvalue weighted by atomic mass is 10.2. The zero-order chi connectivity index (χ0) is 9.30. The average Bonchev–Trinajstić information content (AvgIpc) is 2.28. The molecule has 0 aliphatic carbocycles. The van der Waals surface area contributed by atoms with Crippen LogP contribution >= 0.6 is 43.2 Å². The molecule has 0 saturated carbocycles. The predicted molar refractivity (Wildman–Crippen MR) is 54.4 cm³/mol. The second-order valence-corrected chi connectivity index (χ2v) is 5.92. The molecule has 1 atom stereocenters. The summed E-state index contributed by atoms with van der Waals surface area (Å²) in [5.74, 6) is 0. The summed E-state index contributed by atoms with van der Waals surface area (Å²) in [5, 5.41) is 0. The molecular formula is C7H6Br2F2S. The van der Waals surface area contributed by atoms with E-state index in [1.165, 1.54) is 11.3 Å². The molecule has 12 heavy (non-hydrogen) atoms. The highest BCUT2D eigenvalue weighted by atomic mass is 79.9. The van der Waals surface area contributed by atoms with Crippen molar-refractivity contribution >= 4 is 43.2 Å². The van der Waals surface area contributed by atoms with E-state index in [1.807, 2.05) is 6.92 Å². The van der Waals surface area contributed by atoms with Crippen LogP contribution in [0, 0.1) is 6.92 Å². The van der Waals surface area contributed by atoms with E-state index in [0.29, 0.717) is 5.56 Å². The molecule has 1 aromatic rings. The number of hydrogen-bond donors (Lipinski definition) is 0. The minimum absolute atomic E-state index is 0.668. The quantitative estimate of drug-likeness (QED) is 0.703. The number of alkyl halides is 3. The Kier molecular flexibility index (Phi) is 3.67. The van der Waals surface area contributed by atoms with Gasteiger partial charge in [0.15, 0.2) is 0 Å². The van der Waals surface area contributed by atoms with E-state index in [1.54, 1.807) is 6.07 Å². The van der Waals surface area contributed by atoms with Crippen LogP contribution in [0.3, 0.4) is 0 Å². The monoisotopic (exact) mass is 318 g/mol. The fraction of sp³-hybridized carbons (Fsp3) is 0.429. The van der Waals surface area contributed by atoms with E-state index in [0.717, 1.165) is 8.66 Å². The standard InChI is InChI=1S/C7H6Br2F2S/c1-3-4(2-5(8)12-3)6(9)7(10)11/h2,6-7H,1H3. The van der Waals surface area contributed by atoms with Gasteiger partial charge in [0.05, 0.1) is 3.79 Å². The van der Waals surface area contributed by atoms with Crippen LogP contribution in [0.4, 0.5) is 8.78 Å². The molecule has 0 spiro atoms. The van der Waals surface area contributed by atoms with Crippen molar-refractivity contribution in [2.24, 2.45) is 0 Å². The fourth-order valence-electron chi connectivity index (χ4n) is 0.868. The Hall–Kier alpha value is 0.520. The van der Waals surface area contributed by atoms with Crippen LogP contribution in [-0.2, 0) is 0 Å². The van der Waals surface area contributed by atoms with E-state index in [4.69, 9.17) is 0 Å². The molecule has 0 saturated heterocycles. The molecule has 0 fully saturated rings. The van der Waals surface area contributed by atoms with Crippen LogP contribution in [0.2, 0.25) is 0 Å². The molecule has 0 aliphatic heterocycles. The zero-order valence-corrected chi connectivity index (χ0v) is 10.1. The molecule has 0 nitrogen and oxygen atoms in total. The molecule has 0 amide bonds. The first-order chi connectivity index (χ1) is 5.52. The van der Waals surface area contributed by atoms with Gasteiger partial charge in [-0.3, -0.25) is 0 Å². The number of rotatable bonds is 2. The van der Waals surface area contributed by atoms with Gasteiger partial charge >= 0.3 is 0 Å². The Morgan fingerprint density at radius 2 is 2.08 bits per heavy atom. The Labute approximate surface area is 90.2 Å². The minimum atomic E-state index is -2.36. The third-order valence-corrected chi connectivity index (χ3v) is 3.91. The van der Waals surface area contributed by atoms with Crippen molar-refractivity contribution < 1.29 is 8.78 Å². The molecule has 0 N–H and O–H groups in total. The zero-order valence-electron chi connectivity index (χ0n) is 6.15. The average molecular weight is 320 g/mol. The third-order valence-electron chi connectivity index (χ3n) is 1.44. The second-order valence-electron chi connectivity index (χ2n) is 2.30. The first-order valence-corrected chi connectivity index (χ1v) is 5.73. The van der Waals surface area contributed by atoms with E-state index in [-0.39, 0.29) is 0 Å². The number of hydrogen-bond acceptors (Lipinski definition) is 1. The Bertz CT molecular complexity index is 272. The summed E-state index contributed by atoms with van der Waals surface area (Å²) in [6.07, 6.45) is -2.36. The van der Waals surface area contributed by atoms with Crippen LogP contribution in [0.15, 0.2) is 9.85 Å². The highest BCUT2D eigenvalue weighted by Gasteiger charge is 2.22. The first kappa shape index (κ1) is 10.6. The van der Waals surface area contributed by atoms with Crippen LogP contribution in [0.5, 0.6) is 0 Å². The van der Waals surface area contributed by atoms with Gasteiger partial charge < -0.3 is 0 Å². The summed E-state index contributed by atoms with van der Waals surface area (Å²) in [5.41, 5.74) is 0.668. The molecule has 1 aromatic heterocycles. The molecule has 0 aliphatic rings. The summed E-state index contributed by atoms with van der Waals surface area (Å²) >= 11 is 7.67. The molecule has 1 unspecified atom stereocenters. The summed E-state index contributed by atoms with van der Waals surface area (Å²) in [6, 6.07) is 1.73. The summed E-state index contributed by atoms with van der Waals surface area (Å²) in [4.78, 5) is 0.0732. The lowest BCUT2D eigenvalue weighted by Gasteiger charge is -2.06. The lowest BCUT2D eigenvalue weighted by Crippen LogP contribution is -2.00. The largest absolute Gasteiger partial charge is 0.255 e. The van der Waals surface area contributed by atoms with Gasteiger partial charge in [0.2, 0.25) is 0 Å². The molecule has 0 radical (unpaired) electrons. The van der Waals surface area contributed by atoms with Crippen LogP contribution in [0.1, 0.15) is 15.3 Å². The van der Waals surface area contributed by atoms with Gasteiger partial charge in [-0.25, -0.2) is 8.78 Å². The molecule has 0 bridgehead atoms. The van der Waals surface area contributed by atoms with Crippen molar-refractivity contribution in [3.05, 3.63) is 20.3 Å². The maximum absolute atomic E-state index is 12.2. The van der Waals surface area contributed by atoms with Gasteiger partial charge in [-0.2, -0.15) is 0 Å². The first-order valence-electron chi connectivity index (χ1n) is 3.20. The Morgan fingerprint density at radius 1 is 1.50 bits per heavy atom. The van der Waals surface area contributed by atoms with E-state index >= 15 is 0 Å². The molecular weight excluding hydrogens is 314 g/mol. The normalized spacial score (nSPS) is 13.8. The van der Waals surface area contributed by atoms with Crippen molar-refractivity contribution in [1.82, 2.24) is 0 Å². The molecule has 1 rings (SSSR count). The lowest BCUT2D eigenvalue weighted by molar-refractivity contribution is 0.147. The minimum Gasteiger partial charge on any atom is -0.209 e. The smallest absolute Gasteiger partial charge is 0.209 e. The predicted octanol–water partition coefficient (Wildman–Crippen LogP) is 4.52. The maximum atomic E-state index is 12.2. The van der Waals surface area contributed by atoms with Crippen LogP contribution < -0.4 is 0 Å². The van der Waals surface area contributed by atoms with E-state index < -0.39 is 11.3 Å². The number of aryl methyl sites for hydroxylation is 1. The second kappa shape index (κ2) is 4.15. The topological polar surface area (TPSA) is 0 Å². The van der Waals surface area contributed by atoms with Gasteiger partial charge in [0.25, 0.3) is 6.43 Å². The van der Waals surface area contributed by atoms with Crippen molar-refractivity contribution in [3.63, 3.8) is 0 Å².